The smallest absolute Gasteiger partial charge is 0.170 e. The number of rotatable bonds is 5. The van der Waals surface area contributed by atoms with Crippen LogP contribution in [-0.4, -0.2) is 17.1 Å². The van der Waals surface area contributed by atoms with Gasteiger partial charge in [-0.25, -0.2) is 0 Å². The molecule has 21 heavy (non-hydrogen) atoms. The van der Waals surface area contributed by atoms with E-state index in [9.17, 15) is 0 Å². The third-order valence-corrected chi connectivity index (χ3v) is 4.63. The number of nitrogens with zero attached hydrogens (tertiary/aromatic N) is 1. The van der Waals surface area contributed by atoms with Gasteiger partial charge < -0.3 is 15.7 Å². The van der Waals surface area contributed by atoms with E-state index in [0.717, 1.165) is 12.0 Å². The van der Waals surface area contributed by atoms with Gasteiger partial charge in [-0.15, -0.1) is 0 Å². The minimum atomic E-state index is 0.0581. The van der Waals surface area contributed by atoms with Crippen molar-refractivity contribution in [2.75, 3.05) is 0 Å². The fourth-order valence-corrected chi connectivity index (χ4v) is 3.17. The Bertz CT molecular complexity index is 505. The van der Waals surface area contributed by atoms with Crippen molar-refractivity contribution in [3.8, 4) is 0 Å². The topological polar surface area (TPSA) is 67.8 Å². The highest BCUT2D eigenvalue weighted by molar-refractivity contribution is 6.31. The van der Waals surface area contributed by atoms with E-state index in [1.165, 1.54) is 25.7 Å². The highest BCUT2D eigenvalue weighted by atomic mass is 35.5. The average molecular weight is 311 g/mol. The van der Waals surface area contributed by atoms with Gasteiger partial charge in [0.15, 0.2) is 5.84 Å². The zero-order valence-electron chi connectivity index (χ0n) is 12.4. The zero-order valence-corrected chi connectivity index (χ0v) is 13.1. The van der Waals surface area contributed by atoms with Gasteiger partial charge in [0.05, 0.1) is 12.7 Å². The summed E-state index contributed by atoms with van der Waals surface area (Å²) >= 11 is 6.25. The van der Waals surface area contributed by atoms with E-state index in [0.29, 0.717) is 29.2 Å². The first kappa shape index (κ1) is 16.1. The van der Waals surface area contributed by atoms with Crippen LogP contribution in [0.2, 0.25) is 5.02 Å². The lowest BCUT2D eigenvalue weighted by Gasteiger charge is -2.30. The predicted octanol–water partition coefficient (Wildman–Crippen LogP) is 3.92. The lowest BCUT2D eigenvalue weighted by Crippen LogP contribution is -2.27. The van der Waals surface area contributed by atoms with Gasteiger partial charge in [0, 0.05) is 10.6 Å². The molecule has 0 aliphatic heterocycles. The van der Waals surface area contributed by atoms with Crippen molar-refractivity contribution < 1.29 is 9.94 Å². The summed E-state index contributed by atoms with van der Waals surface area (Å²) < 4.78 is 6.08. The van der Waals surface area contributed by atoms with E-state index in [-0.39, 0.29) is 5.84 Å². The summed E-state index contributed by atoms with van der Waals surface area (Å²) in [5, 5.41) is 12.2. The molecule has 2 atom stereocenters. The second-order valence-corrected chi connectivity index (χ2v) is 6.00. The quantitative estimate of drug-likeness (QED) is 0.375. The third kappa shape index (κ3) is 4.11. The van der Waals surface area contributed by atoms with Gasteiger partial charge >= 0.3 is 0 Å². The van der Waals surface area contributed by atoms with Crippen LogP contribution < -0.4 is 5.73 Å². The first-order valence-corrected chi connectivity index (χ1v) is 7.91. The van der Waals surface area contributed by atoms with Crippen molar-refractivity contribution in [3.63, 3.8) is 0 Å². The molecule has 1 saturated carbocycles. The van der Waals surface area contributed by atoms with Gasteiger partial charge in [-0.2, -0.15) is 0 Å². The van der Waals surface area contributed by atoms with Crippen molar-refractivity contribution in [1.82, 2.24) is 0 Å². The van der Waals surface area contributed by atoms with Crippen LogP contribution in [0.15, 0.2) is 23.4 Å². The number of amidine groups is 1. The van der Waals surface area contributed by atoms with Gasteiger partial charge in [0.25, 0.3) is 0 Å². The molecule has 1 fully saturated rings. The lowest BCUT2D eigenvalue weighted by molar-refractivity contribution is -0.0221. The summed E-state index contributed by atoms with van der Waals surface area (Å²) in [6, 6.07) is 5.37. The minimum Gasteiger partial charge on any atom is -0.409 e. The molecule has 0 spiro atoms. The number of oxime groups is 1. The highest BCUT2D eigenvalue weighted by Gasteiger charge is 2.24. The summed E-state index contributed by atoms with van der Waals surface area (Å²) in [6.07, 6.45) is 6.46. The maximum absolute atomic E-state index is 8.67. The Morgan fingerprint density at radius 2 is 2.19 bits per heavy atom. The Morgan fingerprint density at radius 1 is 1.43 bits per heavy atom. The number of ether oxygens (including phenoxy) is 1. The average Bonchev–Trinajstić information content (AvgIpc) is 2.53. The Kier molecular flexibility index (Phi) is 5.88. The van der Waals surface area contributed by atoms with E-state index >= 15 is 0 Å². The monoisotopic (exact) mass is 310 g/mol. The van der Waals surface area contributed by atoms with E-state index in [1.54, 1.807) is 12.1 Å². The molecule has 0 amide bonds. The van der Waals surface area contributed by atoms with E-state index in [1.807, 2.05) is 6.07 Å². The molecule has 0 bridgehead atoms. The largest absolute Gasteiger partial charge is 0.409 e. The van der Waals surface area contributed by atoms with Crippen LogP contribution in [0.4, 0.5) is 0 Å². The number of hydrogen-bond acceptors (Lipinski definition) is 3. The van der Waals surface area contributed by atoms with Gasteiger partial charge in [0.2, 0.25) is 0 Å². The zero-order chi connectivity index (χ0) is 15.2. The van der Waals surface area contributed by atoms with Crippen molar-refractivity contribution in [2.24, 2.45) is 16.8 Å². The molecular weight excluding hydrogens is 288 g/mol. The standard InChI is InChI=1S/C16H23ClN2O2/c1-2-11-5-3-4-6-15(11)21-10-13-8-7-12(9-14(13)17)16(18)19-20/h7-9,11,15,20H,2-6,10H2,1H3,(H2,18,19). The van der Waals surface area contributed by atoms with Crippen LogP contribution in [0.5, 0.6) is 0 Å². The molecule has 0 radical (unpaired) electrons. The molecule has 116 valence electrons. The molecule has 1 aliphatic carbocycles. The number of hydrogen-bond donors (Lipinski definition) is 2. The summed E-state index contributed by atoms with van der Waals surface area (Å²) in [7, 11) is 0. The fraction of sp³-hybridized carbons (Fsp3) is 0.562. The second kappa shape index (κ2) is 7.66. The van der Waals surface area contributed by atoms with Crippen LogP contribution in [0, 0.1) is 5.92 Å². The molecule has 0 heterocycles. The molecule has 2 unspecified atom stereocenters. The molecule has 0 aromatic heterocycles. The number of nitrogens with two attached hydrogens (primary N) is 1. The number of halogens is 1. The summed E-state index contributed by atoms with van der Waals surface area (Å²) in [4.78, 5) is 0. The fourth-order valence-electron chi connectivity index (χ4n) is 2.94. The van der Waals surface area contributed by atoms with E-state index in [2.05, 4.69) is 12.1 Å². The SMILES string of the molecule is CCC1CCCCC1OCc1ccc(/C(N)=N/O)cc1Cl. The van der Waals surface area contributed by atoms with Gasteiger partial charge in [-0.05, 0) is 30.4 Å². The lowest BCUT2D eigenvalue weighted by atomic mass is 9.85. The van der Waals surface area contributed by atoms with Crippen LogP contribution in [0.1, 0.15) is 50.2 Å². The highest BCUT2D eigenvalue weighted by Crippen LogP contribution is 2.30. The van der Waals surface area contributed by atoms with Gasteiger partial charge in [0.1, 0.15) is 0 Å². The summed E-state index contributed by atoms with van der Waals surface area (Å²) in [6.45, 7) is 2.74. The maximum atomic E-state index is 8.67. The molecule has 0 saturated heterocycles. The minimum absolute atomic E-state index is 0.0581. The molecule has 4 nitrogen and oxygen atoms in total. The second-order valence-electron chi connectivity index (χ2n) is 5.59. The predicted molar refractivity (Wildman–Crippen MR) is 84.8 cm³/mol. The molecule has 3 N–H and O–H groups in total. The first-order valence-electron chi connectivity index (χ1n) is 7.53. The Hall–Kier alpha value is -1.26. The molecule has 1 aromatic carbocycles. The summed E-state index contributed by atoms with van der Waals surface area (Å²) in [5.74, 6) is 0.719. The Balaban J connectivity index is 2.00. The van der Waals surface area contributed by atoms with Crippen molar-refractivity contribution in [1.29, 1.82) is 0 Å². The maximum Gasteiger partial charge on any atom is 0.170 e. The number of benzene rings is 1. The Labute approximate surface area is 130 Å². The van der Waals surface area contributed by atoms with Crippen molar-refractivity contribution >= 4 is 17.4 Å². The van der Waals surface area contributed by atoms with Crippen LogP contribution in [0.25, 0.3) is 0 Å². The van der Waals surface area contributed by atoms with Crippen molar-refractivity contribution in [2.45, 2.75) is 51.7 Å². The third-order valence-electron chi connectivity index (χ3n) is 4.27. The van der Waals surface area contributed by atoms with Crippen molar-refractivity contribution in [3.05, 3.63) is 34.3 Å². The molecule has 1 aliphatic rings. The molecule has 2 rings (SSSR count). The molecule has 1 aromatic rings. The van der Waals surface area contributed by atoms with Gasteiger partial charge in [-0.1, -0.05) is 55.1 Å². The normalized spacial score (nSPS) is 23.2. The Morgan fingerprint density at radius 3 is 2.86 bits per heavy atom. The van der Waals surface area contributed by atoms with Gasteiger partial charge in [-0.3, -0.25) is 0 Å². The van der Waals surface area contributed by atoms with Crippen LogP contribution >= 0.6 is 11.6 Å². The first-order chi connectivity index (χ1) is 10.2. The molecular formula is C16H23ClN2O2. The molecule has 5 heteroatoms. The summed E-state index contributed by atoms with van der Waals surface area (Å²) in [5.41, 5.74) is 7.09. The van der Waals surface area contributed by atoms with E-state index < -0.39 is 0 Å². The van der Waals surface area contributed by atoms with E-state index in [4.69, 9.17) is 27.3 Å². The van der Waals surface area contributed by atoms with Crippen LogP contribution in [-0.2, 0) is 11.3 Å². The van der Waals surface area contributed by atoms with Crippen LogP contribution in [0.3, 0.4) is 0 Å².